The maximum absolute atomic E-state index is 10.6. The van der Waals surface area contributed by atoms with Gasteiger partial charge in [0.15, 0.2) is 0 Å². The molecule has 0 aromatic heterocycles. The lowest BCUT2D eigenvalue weighted by Gasteiger charge is -2.02. The van der Waals surface area contributed by atoms with Gasteiger partial charge in [-0.05, 0) is 6.07 Å². The van der Waals surface area contributed by atoms with Gasteiger partial charge in [-0.1, -0.05) is 11.8 Å². The van der Waals surface area contributed by atoms with Gasteiger partial charge in [0.05, 0.1) is 30.2 Å². The molecule has 0 aliphatic heterocycles. The molecule has 0 unspecified atom stereocenters. The van der Waals surface area contributed by atoms with E-state index >= 15 is 0 Å². The van der Waals surface area contributed by atoms with Gasteiger partial charge in [-0.3, -0.25) is 14.9 Å². The van der Waals surface area contributed by atoms with Crippen LogP contribution in [0.1, 0.15) is 12.5 Å². The molecule has 0 bridgehead atoms. The molecule has 0 saturated heterocycles. The van der Waals surface area contributed by atoms with Crippen molar-refractivity contribution in [1.29, 1.82) is 0 Å². The van der Waals surface area contributed by atoms with Crippen LogP contribution in [-0.2, 0) is 4.79 Å². The molecule has 0 fully saturated rings. The van der Waals surface area contributed by atoms with Crippen LogP contribution in [0.2, 0.25) is 0 Å². The topological polar surface area (TPSA) is 81.5 Å². The molecule has 1 aromatic carbocycles. The fraction of sp³-hybridized carbons (Fsp3) is 0.250. The van der Waals surface area contributed by atoms with Gasteiger partial charge < -0.3 is 10.1 Å². The Morgan fingerprint density at radius 3 is 2.83 bits per heavy atom. The number of amides is 1. The predicted molar refractivity (Wildman–Crippen MR) is 65.2 cm³/mol. The van der Waals surface area contributed by atoms with E-state index in [2.05, 4.69) is 17.2 Å². The Hall–Kier alpha value is -2.55. The number of hydrogen-bond acceptors (Lipinski definition) is 4. The molecule has 94 valence electrons. The number of nitrogens with zero attached hydrogens (tertiary/aromatic N) is 1. The van der Waals surface area contributed by atoms with E-state index in [4.69, 9.17) is 4.74 Å². The van der Waals surface area contributed by atoms with Gasteiger partial charge in [0, 0.05) is 13.0 Å². The number of non-ortho nitro benzene ring substituents is 1. The van der Waals surface area contributed by atoms with Gasteiger partial charge >= 0.3 is 0 Å². The molecule has 6 nitrogen and oxygen atoms in total. The van der Waals surface area contributed by atoms with E-state index in [0.717, 1.165) is 0 Å². The molecule has 18 heavy (non-hydrogen) atoms. The third-order valence-electron chi connectivity index (χ3n) is 2.04. The SMILES string of the molecule is COc1cc([N+](=O)[O-])ccc1C#CCNC(C)=O. The Bertz CT molecular complexity index is 529. The maximum atomic E-state index is 10.6. The Morgan fingerprint density at radius 2 is 2.28 bits per heavy atom. The summed E-state index contributed by atoms with van der Waals surface area (Å²) < 4.78 is 5.02. The zero-order chi connectivity index (χ0) is 13.5. The number of carbonyl (C=O) groups is 1. The smallest absolute Gasteiger partial charge is 0.273 e. The number of ether oxygens (including phenoxy) is 1. The Morgan fingerprint density at radius 1 is 1.56 bits per heavy atom. The van der Waals surface area contributed by atoms with Gasteiger partial charge in [0.25, 0.3) is 5.69 Å². The lowest BCUT2D eigenvalue weighted by atomic mass is 10.2. The van der Waals surface area contributed by atoms with E-state index in [0.29, 0.717) is 11.3 Å². The average Bonchev–Trinajstić information content (AvgIpc) is 2.34. The Labute approximate surface area is 104 Å². The van der Waals surface area contributed by atoms with Crippen molar-refractivity contribution in [2.24, 2.45) is 0 Å². The third kappa shape index (κ3) is 3.79. The van der Waals surface area contributed by atoms with Crippen molar-refractivity contribution in [1.82, 2.24) is 5.32 Å². The number of carbonyl (C=O) groups excluding carboxylic acids is 1. The van der Waals surface area contributed by atoms with Crippen molar-refractivity contribution in [2.75, 3.05) is 13.7 Å². The average molecular weight is 248 g/mol. The van der Waals surface area contributed by atoms with Gasteiger partial charge in [0.1, 0.15) is 5.75 Å². The van der Waals surface area contributed by atoms with Crippen LogP contribution in [0.25, 0.3) is 0 Å². The summed E-state index contributed by atoms with van der Waals surface area (Å²) >= 11 is 0. The molecule has 0 radical (unpaired) electrons. The van der Waals surface area contributed by atoms with E-state index < -0.39 is 4.92 Å². The van der Waals surface area contributed by atoms with E-state index in [9.17, 15) is 14.9 Å². The van der Waals surface area contributed by atoms with Crippen molar-refractivity contribution in [3.63, 3.8) is 0 Å². The van der Waals surface area contributed by atoms with Gasteiger partial charge in [-0.25, -0.2) is 0 Å². The number of nitro benzene ring substituents is 1. The van der Waals surface area contributed by atoms with Crippen LogP contribution >= 0.6 is 0 Å². The van der Waals surface area contributed by atoms with Crippen LogP contribution in [0.4, 0.5) is 5.69 Å². The summed E-state index contributed by atoms with van der Waals surface area (Å²) in [5, 5.41) is 13.1. The second-order valence-corrected chi connectivity index (χ2v) is 3.35. The van der Waals surface area contributed by atoms with Gasteiger partial charge in [-0.15, -0.1) is 0 Å². The molecule has 0 atom stereocenters. The molecular weight excluding hydrogens is 236 g/mol. The summed E-state index contributed by atoms with van der Waals surface area (Å²) in [6.45, 7) is 1.61. The third-order valence-corrected chi connectivity index (χ3v) is 2.04. The number of methoxy groups -OCH3 is 1. The van der Waals surface area contributed by atoms with Crippen LogP contribution in [-0.4, -0.2) is 24.5 Å². The first-order valence-electron chi connectivity index (χ1n) is 5.10. The standard InChI is InChI=1S/C12H12N2O4/c1-9(15)13-7-3-4-10-5-6-11(14(16)17)8-12(10)18-2/h5-6,8H,7H2,1-2H3,(H,13,15). The minimum absolute atomic E-state index is 0.0562. The molecule has 0 spiro atoms. The summed E-state index contributed by atoms with van der Waals surface area (Å²) in [6.07, 6.45) is 0. The van der Waals surface area contributed by atoms with E-state index in [1.807, 2.05) is 0 Å². The minimum Gasteiger partial charge on any atom is -0.495 e. The summed E-state index contributed by atoms with van der Waals surface area (Å²) in [6, 6.07) is 4.17. The zero-order valence-electron chi connectivity index (χ0n) is 10.0. The molecule has 1 amide bonds. The number of hydrogen-bond donors (Lipinski definition) is 1. The monoisotopic (exact) mass is 248 g/mol. The van der Waals surface area contributed by atoms with Crippen molar-refractivity contribution < 1.29 is 14.5 Å². The number of rotatable bonds is 3. The van der Waals surface area contributed by atoms with E-state index in [1.165, 1.54) is 32.2 Å². The van der Waals surface area contributed by atoms with Crippen LogP contribution in [0.3, 0.4) is 0 Å². The minimum atomic E-state index is -0.503. The maximum Gasteiger partial charge on any atom is 0.273 e. The first kappa shape index (κ1) is 13.5. The van der Waals surface area contributed by atoms with Crippen molar-refractivity contribution >= 4 is 11.6 Å². The molecular formula is C12H12N2O4. The van der Waals surface area contributed by atoms with Crippen LogP contribution in [0.15, 0.2) is 18.2 Å². The highest BCUT2D eigenvalue weighted by atomic mass is 16.6. The van der Waals surface area contributed by atoms with E-state index in [1.54, 1.807) is 0 Å². The Balaban J connectivity index is 2.89. The highest BCUT2D eigenvalue weighted by Gasteiger charge is 2.09. The first-order chi connectivity index (χ1) is 8.54. The quantitative estimate of drug-likeness (QED) is 0.493. The van der Waals surface area contributed by atoms with Crippen molar-refractivity contribution in [2.45, 2.75) is 6.92 Å². The van der Waals surface area contributed by atoms with Gasteiger partial charge in [0.2, 0.25) is 5.91 Å². The van der Waals surface area contributed by atoms with Crippen molar-refractivity contribution in [3.8, 4) is 17.6 Å². The van der Waals surface area contributed by atoms with E-state index in [-0.39, 0.29) is 18.1 Å². The van der Waals surface area contributed by atoms with Crippen LogP contribution < -0.4 is 10.1 Å². The second kappa shape index (κ2) is 6.25. The number of nitro groups is 1. The summed E-state index contributed by atoms with van der Waals surface area (Å²) in [4.78, 5) is 20.7. The fourth-order valence-corrected chi connectivity index (χ4v) is 1.20. The first-order valence-corrected chi connectivity index (χ1v) is 5.10. The predicted octanol–water partition coefficient (Wildman–Crippen LogP) is 1.09. The Kier molecular flexibility index (Phi) is 4.69. The van der Waals surface area contributed by atoms with Crippen LogP contribution in [0, 0.1) is 22.0 Å². The lowest BCUT2D eigenvalue weighted by Crippen LogP contribution is -2.19. The molecule has 1 N–H and O–H groups in total. The summed E-state index contributed by atoms with van der Waals surface area (Å²) in [5.74, 6) is 5.66. The molecule has 0 aliphatic carbocycles. The molecule has 0 saturated carbocycles. The normalized spacial score (nSPS) is 9.00. The largest absolute Gasteiger partial charge is 0.495 e. The van der Waals surface area contributed by atoms with Crippen LogP contribution in [0.5, 0.6) is 5.75 Å². The van der Waals surface area contributed by atoms with Crippen molar-refractivity contribution in [3.05, 3.63) is 33.9 Å². The molecule has 1 rings (SSSR count). The van der Waals surface area contributed by atoms with Gasteiger partial charge in [-0.2, -0.15) is 0 Å². The highest BCUT2D eigenvalue weighted by molar-refractivity contribution is 5.73. The molecule has 0 aliphatic rings. The fourth-order valence-electron chi connectivity index (χ4n) is 1.20. The zero-order valence-corrected chi connectivity index (χ0v) is 10.0. The second-order valence-electron chi connectivity index (χ2n) is 3.35. The lowest BCUT2D eigenvalue weighted by molar-refractivity contribution is -0.384. The molecule has 6 heteroatoms. The number of benzene rings is 1. The summed E-state index contributed by atoms with van der Waals surface area (Å²) in [7, 11) is 1.41. The summed E-state index contributed by atoms with van der Waals surface area (Å²) in [5.41, 5.74) is 0.479. The molecule has 1 aromatic rings. The highest BCUT2D eigenvalue weighted by Crippen LogP contribution is 2.23. The number of nitrogens with one attached hydrogen (secondary N) is 1. The molecule has 0 heterocycles.